The van der Waals surface area contributed by atoms with E-state index in [1.54, 1.807) is 43.9 Å². The van der Waals surface area contributed by atoms with Crippen LogP contribution in [0.5, 0.6) is 5.75 Å². The predicted molar refractivity (Wildman–Crippen MR) is 103 cm³/mol. The molecule has 0 bridgehead atoms. The second-order valence-electron chi connectivity index (χ2n) is 6.43. The third kappa shape index (κ3) is 3.28. The highest BCUT2D eigenvalue weighted by atomic mass is 35.5. The van der Waals surface area contributed by atoms with Crippen molar-refractivity contribution >= 4 is 17.5 Å². The summed E-state index contributed by atoms with van der Waals surface area (Å²) in [5.41, 5.74) is 3.42. The number of likely N-dealkylation sites (tertiary alicyclic amines) is 1. The smallest absolute Gasteiger partial charge is 0.258 e. The number of methoxy groups -OCH3 is 1. The van der Waals surface area contributed by atoms with Gasteiger partial charge in [-0.1, -0.05) is 11.6 Å². The van der Waals surface area contributed by atoms with Crippen LogP contribution in [0.25, 0.3) is 11.1 Å². The molecule has 6 nitrogen and oxygen atoms in total. The number of aromatic nitrogens is 3. The molecule has 27 heavy (non-hydrogen) atoms. The average molecular weight is 383 g/mol. The number of halogens is 1. The molecule has 1 saturated heterocycles. The summed E-state index contributed by atoms with van der Waals surface area (Å²) >= 11 is 6.12. The number of benzene rings is 1. The monoisotopic (exact) mass is 382 g/mol. The average Bonchev–Trinajstić information content (AvgIpc) is 3.37. The van der Waals surface area contributed by atoms with E-state index in [2.05, 4.69) is 15.2 Å². The maximum absolute atomic E-state index is 13.3. The van der Waals surface area contributed by atoms with Gasteiger partial charge in [-0.25, -0.2) is 0 Å². The van der Waals surface area contributed by atoms with Crippen LogP contribution in [0.1, 0.15) is 34.9 Å². The molecule has 138 valence electrons. The second kappa shape index (κ2) is 7.40. The van der Waals surface area contributed by atoms with Crippen LogP contribution in [-0.4, -0.2) is 39.6 Å². The molecule has 1 aliphatic rings. The number of hydrogen-bond donors (Lipinski definition) is 1. The topological polar surface area (TPSA) is 71.1 Å². The molecule has 0 spiro atoms. The Kier molecular flexibility index (Phi) is 4.81. The molecular formula is C20H19ClN4O2. The van der Waals surface area contributed by atoms with Gasteiger partial charge < -0.3 is 9.64 Å². The lowest BCUT2D eigenvalue weighted by Crippen LogP contribution is -2.31. The molecule has 1 atom stereocenters. The van der Waals surface area contributed by atoms with Crippen molar-refractivity contribution in [3.8, 4) is 16.9 Å². The van der Waals surface area contributed by atoms with E-state index in [4.69, 9.17) is 16.3 Å². The number of carbonyl (C=O) groups is 1. The summed E-state index contributed by atoms with van der Waals surface area (Å²) in [5.74, 6) is 0.432. The van der Waals surface area contributed by atoms with Crippen LogP contribution >= 0.6 is 11.6 Å². The van der Waals surface area contributed by atoms with Crippen molar-refractivity contribution in [2.75, 3.05) is 13.7 Å². The molecule has 4 rings (SSSR count). The van der Waals surface area contributed by atoms with Gasteiger partial charge in [-0.3, -0.25) is 14.9 Å². The fourth-order valence-corrected chi connectivity index (χ4v) is 3.80. The molecule has 1 unspecified atom stereocenters. The molecule has 1 N–H and O–H groups in total. The summed E-state index contributed by atoms with van der Waals surface area (Å²) < 4.78 is 5.37. The van der Waals surface area contributed by atoms with Crippen molar-refractivity contribution in [1.82, 2.24) is 20.1 Å². The lowest BCUT2D eigenvalue weighted by atomic mass is 10.0. The fourth-order valence-electron chi connectivity index (χ4n) is 3.62. The molecule has 2 aromatic heterocycles. The molecule has 3 aromatic rings. The second-order valence-corrected chi connectivity index (χ2v) is 6.87. The van der Waals surface area contributed by atoms with Gasteiger partial charge in [0, 0.05) is 29.5 Å². The summed E-state index contributed by atoms with van der Waals surface area (Å²) in [7, 11) is 1.55. The Morgan fingerprint density at radius 1 is 1.30 bits per heavy atom. The van der Waals surface area contributed by atoms with Crippen LogP contribution in [0.4, 0.5) is 0 Å². The zero-order chi connectivity index (χ0) is 18.8. The number of nitrogens with one attached hydrogen (secondary N) is 1. The fraction of sp³-hybridized carbons (Fsp3) is 0.250. The van der Waals surface area contributed by atoms with Crippen LogP contribution in [-0.2, 0) is 0 Å². The highest BCUT2D eigenvalue weighted by Crippen LogP contribution is 2.38. The first-order chi connectivity index (χ1) is 13.2. The highest BCUT2D eigenvalue weighted by molar-refractivity contribution is 6.31. The van der Waals surface area contributed by atoms with Crippen LogP contribution in [0.3, 0.4) is 0 Å². The minimum absolute atomic E-state index is 0.0770. The zero-order valence-electron chi connectivity index (χ0n) is 14.9. The van der Waals surface area contributed by atoms with Gasteiger partial charge in [0.05, 0.1) is 30.6 Å². The molecule has 1 aromatic carbocycles. The summed E-state index contributed by atoms with van der Waals surface area (Å²) in [6.45, 7) is 0.675. The van der Waals surface area contributed by atoms with E-state index in [0.717, 1.165) is 29.7 Å². The number of ether oxygens (including phenoxy) is 1. The minimum Gasteiger partial charge on any atom is -0.496 e. The van der Waals surface area contributed by atoms with Gasteiger partial charge in [0.1, 0.15) is 5.75 Å². The molecule has 7 heteroatoms. The third-order valence-electron chi connectivity index (χ3n) is 4.90. The normalized spacial score (nSPS) is 16.5. The number of hydrogen-bond acceptors (Lipinski definition) is 4. The molecule has 1 fully saturated rings. The molecule has 0 saturated carbocycles. The van der Waals surface area contributed by atoms with Crippen molar-refractivity contribution in [3.63, 3.8) is 0 Å². The largest absolute Gasteiger partial charge is 0.496 e. The van der Waals surface area contributed by atoms with E-state index in [0.29, 0.717) is 22.9 Å². The molecular weight excluding hydrogens is 364 g/mol. The Morgan fingerprint density at radius 3 is 2.89 bits per heavy atom. The summed E-state index contributed by atoms with van der Waals surface area (Å²) in [6.07, 6.45) is 7.09. The van der Waals surface area contributed by atoms with Crippen LogP contribution in [0, 0.1) is 0 Å². The molecule has 0 radical (unpaired) electrons. The Hall–Kier alpha value is -2.86. The van der Waals surface area contributed by atoms with E-state index >= 15 is 0 Å². The third-order valence-corrected chi connectivity index (χ3v) is 5.13. The predicted octanol–water partition coefficient (Wildman–Crippen LogP) is 4.11. The minimum atomic E-state index is -0.0906. The van der Waals surface area contributed by atoms with Crippen molar-refractivity contribution in [2.45, 2.75) is 18.9 Å². The van der Waals surface area contributed by atoms with E-state index in [9.17, 15) is 4.79 Å². The number of pyridine rings is 1. The first-order valence-electron chi connectivity index (χ1n) is 8.77. The molecule has 1 aliphatic heterocycles. The van der Waals surface area contributed by atoms with Gasteiger partial charge in [0.15, 0.2) is 0 Å². The Bertz CT molecular complexity index is 958. The highest BCUT2D eigenvalue weighted by Gasteiger charge is 2.34. The van der Waals surface area contributed by atoms with Gasteiger partial charge >= 0.3 is 0 Å². The molecule has 3 heterocycles. The number of carbonyl (C=O) groups excluding carboxylic acids is 1. The number of H-pyrrole nitrogens is 1. The Labute approximate surface area is 162 Å². The van der Waals surface area contributed by atoms with Crippen molar-refractivity contribution in [2.24, 2.45) is 0 Å². The van der Waals surface area contributed by atoms with Gasteiger partial charge in [-0.05, 0) is 48.7 Å². The summed E-state index contributed by atoms with van der Waals surface area (Å²) in [6, 6.07) is 8.90. The van der Waals surface area contributed by atoms with E-state index in [-0.39, 0.29) is 11.9 Å². The number of nitrogens with zero attached hydrogens (tertiary/aromatic N) is 3. The zero-order valence-corrected chi connectivity index (χ0v) is 15.6. The van der Waals surface area contributed by atoms with Crippen molar-refractivity contribution in [3.05, 3.63) is 65.2 Å². The lowest BCUT2D eigenvalue weighted by molar-refractivity contribution is 0.0730. The summed E-state index contributed by atoms with van der Waals surface area (Å²) in [5, 5.41) is 7.84. The maximum atomic E-state index is 13.3. The number of aromatic amines is 1. The van der Waals surface area contributed by atoms with Gasteiger partial charge in [0.25, 0.3) is 5.91 Å². The van der Waals surface area contributed by atoms with E-state index in [1.807, 2.05) is 17.0 Å². The lowest BCUT2D eigenvalue weighted by Gasteiger charge is -2.25. The van der Waals surface area contributed by atoms with Crippen LogP contribution < -0.4 is 4.74 Å². The first kappa shape index (κ1) is 17.5. The standard InChI is InChI=1S/C20H19ClN4O2/c1-27-18-5-4-14(21)11-15(18)20(26)25-10-2-3-17(25)19-16(12-23-24-19)13-6-8-22-9-7-13/h4-9,11-12,17H,2-3,10H2,1H3,(H,23,24). The summed E-state index contributed by atoms with van der Waals surface area (Å²) in [4.78, 5) is 19.2. The first-order valence-corrected chi connectivity index (χ1v) is 9.15. The Balaban J connectivity index is 1.69. The number of rotatable bonds is 4. The van der Waals surface area contributed by atoms with Gasteiger partial charge in [-0.15, -0.1) is 0 Å². The Morgan fingerprint density at radius 2 is 2.11 bits per heavy atom. The molecule has 1 amide bonds. The maximum Gasteiger partial charge on any atom is 0.258 e. The quantitative estimate of drug-likeness (QED) is 0.737. The van der Waals surface area contributed by atoms with Gasteiger partial charge in [-0.2, -0.15) is 5.10 Å². The van der Waals surface area contributed by atoms with Crippen molar-refractivity contribution in [1.29, 1.82) is 0 Å². The van der Waals surface area contributed by atoms with E-state index in [1.165, 1.54) is 0 Å². The number of amides is 1. The molecule has 0 aliphatic carbocycles. The van der Waals surface area contributed by atoms with Gasteiger partial charge in [0.2, 0.25) is 0 Å². The van der Waals surface area contributed by atoms with Crippen LogP contribution in [0.2, 0.25) is 5.02 Å². The SMILES string of the molecule is COc1ccc(Cl)cc1C(=O)N1CCCC1c1[nH]ncc1-c1ccncc1. The van der Waals surface area contributed by atoms with Crippen LogP contribution in [0.15, 0.2) is 48.9 Å². The van der Waals surface area contributed by atoms with Crippen molar-refractivity contribution < 1.29 is 9.53 Å². The van der Waals surface area contributed by atoms with E-state index < -0.39 is 0 Å².